The third kappa shape index (κ3) is 2.94. The van der Waals surface area contributed by atoms with E-state index in [9.17, 15) is 9.59 Å². The average molecular weight is 409 g/mol. The van der Waals surface area contributed by atoms with Gasteiger partial charge >= 0.3 is 0 Å². The molecule has 0 bridgehead atoms. The second-order valence-electron chi connectivity index (χ2n) is 4.87. The Balaban J connectivity index is 1.99. The van der Waals surface area contributed by atoms with E-state index in [-0.39, 0.29) is 11.7 Å². The third-order valence-corrected chi connectivity index (χ3v) is 4.62. The Labute approximate surface area is 139 Å². The Bertz CT molecular complexity index is 756. The maximum Gasteiger partial charge on any atom is 0.224 e. The van der Waals surface area contributed by atoms with E-state index in [2.05, 4.69) is 37.2 Å². The zero-order chi connectivity index (χ0) is 15.0. The molecule has 0 atom stereocenters. The van der Waals surface area contributed by atoms with E-state index in [1.165, 1.54) is 0 Å². The lowest BCUT2D eigenvalue weighted by molar-refractivity contribution is -0.116. The number of carbonyl (C=O) groups is 2. The van der Waals surface area contributed by atoms with Gasteiger partial charge in [-0.15, -0.1) is 0 Å². The van der Waals surface area contributed by atoms with Crippen LogP contribution in [0.15, 0.2) is 45.3 Å². The summed E-state index contributed by atoms with van der Waals surface area (Å²) in [7, 11) is 0. The molecule has 21 heavy (non-hydrogen) atoms. The number of hydrogen-bond donors (Lipinski definition) is 1. The summed E-state index contributed by atoms with van der Waals surface area (Å²) in [6, 6.07) is 10.9. The van der Waals surface area contributed by atoms with Crippen LogP contribution in [-0.2, 0) is 11.2 Å². The standard InChI is InChI=1S/C16H11Br2NO2/c17-11-3-4-13(18)12(8-11)16(21)10-1-5-14-9(7-10)2-6-15(20)19-14/h1,3-5,7-8H,2,6H2,(H,19,20). The summed E-state index contributed by atoms with van der Waals surface area (Å²) in [5, 5.41) is 2.82. The fourth-order valence-electron chi connectivity index (χ4n) is 2.35. The molecule has 2 aromatic rings. The maximum atomic E-state index is 12.6. The number of aryl methyl sites for hydroxylation is 1. The second-order valence-corrected chi connectivity index (χ2v) is 6.64. The molecule has 0 saturated heterocycles. The van der Waals surface area contributed by atoms with Crippen molar-refractivity contribution in [3.8, 4) is 0 Å². The van der Waals surface area contributed by atoms with Crippen LogP contribution >= 0.6 is 31.9 Å². The number of rotatable bonds is 2. The molecular weight excluding hydrogens is 398 g/mol. The highest BCUT2D eigenvalue weighted by Gasteiger charge is 2.18. The van der Waals surface area contributed by atoms with Crippen LogP contribution in [0.3, 0.4) is 0 Å². The molecule has 0 unspecified atom stereocenters. The lowest BCUT2D eigenvalue weighted by atomic mass is 9.96. The molecule has 0 aliphatic carbocycles. The Morgan fingerprint density at radius 2 is 1.86 bits per heavy atom. The summed E-state index contributed by atoms with van der Waals surface area (Å²) in [6.45, 7) is 0. The average Bonchev–Trinajstić information content (AvgIpc) is 2.48. The van der Waals surface area contributed by atoms with Gasteiger partial charge in [-0.25, -0.2) is 0 Å². The minimum atomic E-state index is -0.0390. The van der Waals surface area contributed by atoms with Crippen molar-refractivity contribution in [1.82, 2.24) is 0 Å². The predicted molar refractivity (Wildman–Crippen MR) is 88.7 cm³/mol. The monoisotopic (exact) mass is 407 g/mol. The lowest BCUT2D eigenvalue weighted by Gasteiger charge is -2.17. The largest absolute Gasteiger partial charge is 0.326 e. The van der Waals surface area contributed by atoms with Crippen LogP contribution in [0, 0.1) is 0 Å². The number of anilines is 1. The van der Waals surface area contributed by atoms with E-state index in [0.29, 0.717) is 24.0 Å². The van der Waals surface area contributed by atoms with Crippen molar-refractivity contribution in [3.05, 3.63) is 62.0 Å². The van der Waals surface area contributed by atoms with E-state index in [1.54, 1.807) is 18.2 Å². The summed E-state index contributed by atoms with van der Waals surface area (Å²) in [5.41, 5.74) is 3.05. The Morgan fingerprint density at radius 1 is 1.05 bits per heavy atom. The summed E-state index contributed by atoms with van der Waals surface area (Å²) >= 11 is 6.80. The first kappa shape index (κ1) is 14.5. The molecule has 1 aliphatic rings. The molecule has 1 N–H and O–H groups in total. The topological polar surface area (TPSA) is 46.2 Å². The molecule has 0 fully saturated rings. The van der Waals surface area contributed by atoms with Gasteiger partial charge in [-0.3, -0.25) is 9.59 Å². The molecule has 1 amide bonds. The number of carbonyl (C=O) groups excluding carboxylic acids is 2. The van der Waals surface area contributed by atoms with Crippen molar-refractivity contribution in [2.45, 2.75) is 12.8 Å². The third-order valence-electron chi connectivity index (χ3n) is 3.44. The number of benzene rings is 2. The van der Waals surface area contributed by atoms with Gasteiger partial charge in [0.05, 0.1) is 0 Å². The van der Waals surface area contributed by atoms with Gasteiger partial charge in [-0.2, -0.15) is 0 Å². The van der Waals surface area contributed by atoms with E-state index >= 15 is 0 Å². The molecule has 1 heterocycles. The Hall–Kier alpha value is -1.46. The van der Waals surface area contributed by atoms with Gasteiger partial charge in [-0.05, 0) is 48.4 Å². The van der Waals surface area contributed by atoms with Gasteiger partial charge in [0.2, 0.25) is 5.91 Å². The maximum absolute atomic E-state index is 12.6. The van der Waals surface area contributed by atoms with E-state index in [0.717, 1.165) is 20.2 Å². The zero-order valence-corrected chi connectivity index (χ0v) is 14.1. The summed E-state index contributed by atoms with van der Waals surface area (Å²) < 4.78 is 1.63. The van der Waals surface area contributed by atoms with Gasteiger partial charge in [0.1, 0.15) is 0 Å². The molecule has 3 nitrogen and oxygen atoms in total. The van der Waals surface area contributed by atoms with Crippen molar-refractivity contribution in [2.24, 2.45) is 0 Å². The zero-order valence-electron chi connectivity index (χ0n) is 11.0. The van der Waals surface area contributed by atoms with Crippen molar-refractivity contribution in [3.63, 3.8) is 0 Å². The van der Waals surface area contributed by atoms with E-state index in [4.69, 9.17) is 0 Å². The Morgan fingerprint density at radius 3 is 2.67 bits per heavy atom. The first-order valence-corrected chi connectivity index (χ1v) is 8.06. The highest BCUT2D eigenvalue weighted by Crippen LogP contribution is 2.27. The van der Waals surface area contributed by atoms with E-state index < -0.39 is 0 Å². The fourth-order valence-corrected chi connectivity index (χ4v) is 3.14. The van der Waals surface area contributed by atoms with Crippen LogP contribution in [0.2, 0.25) is 0 Å². The molecule has 0 radical (unpaired) electrons. The summed E-state index contributed by atoms with van der Waals surface area (Å²) in [6.07, 6.45) is 1.13. The van der Waals surface area contributed by atoms with Gasteiger partial charge in [0.15, 0.2) is 5.78 Å². The molecule has 5 heteroatoms. The number of nitrogens with one attached hydrogen (secondary N) is 1. The number of halogens is 2. The van der Waals surface area contributed by atoms with Crippen LogP contribution in [0.25, 0.3) is 0 Å². The van der Waals surface area contributed by atoms with Crippen LogP contribution in [-0.4, -0.2) is 11.7 Å². The molecule has 3 rings (SSSR count). The van der Waals surface area contributed by atoms with Crippen molar-refractivity contribution in [2.75, 3.05) is 5.32 Å². The quantitative estimate of drug-likeness (QED) is 0.751. The van der Waals surface area contributed by atoms with Gasteiger partial charge in [0.25, 0.3) is 0 Å². The number of ketones is 1. The number of fused-ring (bicyclic) bond motifs is 1. The fraction of sp³-hybridized carbons (Fsp3) is 0.125. The van der Waals surface area contributed by atoms with Crippen molar-refractivity contribution < 1.29 is 9.59 Å². The number of hydrogen-bond acceptors (Lipinski definition) is 2. The van der Waals surface area contributed by atoms with Gasteiger partial charge in [0, 0.05) is 32.2 Å². The molecule has 106 valence electrons. The Kier molecular flexibility index (Phi) is 3.95. The van der Waals surface area contributed by atoms with Crippen LogP contribution < -0.4 is 5.32 Å². The normalized spacial score (nSPS) is 13.5. The summed E-state index contributed by atoms with van der Waals surface area (Å²) in [4.78, 5) is 24.0. The highest BCUT2D eigenvalue weighted by atomic mass is 79.9. The van der Waals surface area contributed by atoms with Gasteiger partial charge in [-0.1, -0.05) is 31.9 Å². The molecule has 0 aromatic heterocycles. The van der Waals surface area contributed by atoms with Crippen LogP contribution in [0.1, 0.15) is 27.9 Å². The second kappa shape index (κ2) is 5.73. The number of amides is 1. The minimum absolute atomic E-state index is 0.0244. The van der Waals surface area contributed by atoms with Crippen molar-refractivity contribution in [1.29, 1.82) is 0 Å². The highest BCUT2D eigenvalue weighted by molar-refractivity contribution is 9.11. The molecular formula is C16H11Br2NO2. The summed E-state index contributed by atoms with van der Waals surface area (Å²) in [5.74, 6) is -0.0146. The molecule has 0 saturated carbocycles. The van der Waals surface area contributed by atoms with Gasteiger partial charge < -0.3 is 5.32 Å². The van der Waals surface area contributed by atoms with Crippen LogP contribution in [0.5, 0.6) is 0 Å². The first-order chi connectivity index (χ1) is 10.0. The smallest absolute Gasteiger partial charge is 0.224 e. The molecule has 0 spiro atoms. The SMILES string of the molecule is O=C1CCc2cc(C(=O)c3cc(Br)ccc3Br)ccc2N1. The first-order valence-electron chi connectivity index (χ1n) is 6.47. The minimum Gasteiger partial charge on any atom is -0.326 e. The predicted octanol–water partition coefficient (Wildman–Crippen LogP) is 4.33. The van der Waals surface area contributed by atoms with E-state index in [1.807, 2.05) is 18.2 Å². The molecule has 2 aromatic carbocycles. The lowest BCUT2D eigenvalue weighted by Crippen LogP contribution is -2.19. The molecule has 1 aliphatic heterocycles. The van der Waals surface area contributed by atoms with Crippen LogP contribution in [0.4, 0.5) is 5.69 Å². The van der Waals surface area contributed by atoms with Crippen molar-refractivity contribution >= 4 is 49.2 Å².